The first kappa shape index (κ1) is 34.5. The van der Waals surface area contributed by atoms with Crippen molar-refractivity contribution in [2.24, 2.45) is 34.0 Å². The third-order valence-electron chi connectivity index (χ3n) is 12.1. The molecule has 0 amide bonds. The zero-order chi connectivity index (χ0) is 34.2. The third kappa shape index (κ3) is 5.79. The fourth-order valence-corrected chi connectivity index (χ4v) is 9.92. The second-order valence-electron chi connectivity index (χ2n) is 16.2. The molecule has 46 heavy (non-hydrogen) atoms. The van der Waals surface area contributed by atoms with Crippen molar-refractivity contribution in [1.29, 1.82) is 0 Å². The molecule has 0 spiro atoms. The summed E-state index contributed by atoms with van der Waals surface area (Å²) >= 11 is 0. The largest absolute Gasteiger partial charge is 0.481 e. The van der Waals surface area contributed by atoms with Crippen LogP contribution in [0.5, 0.6) is 0 Å². The summed E-state index contributed by atoms with van der Waals surface area (Å²) in [6.07, 6.45) is 3.95. The van der Waals surface area contributed by atoms with Gasteiger partial charge in [-0.1, -0.05) is 40.3 Å². The number of carbonyl (C=O) groups excluding carboxylic acids is 3. The van der Waals surface area contributed by atoms with Crippen molar-refractivity contribution < 1.29 is 48.7 Å². The van der Waals surface area contributed by atoms with Gasteiger partial charge in [0, 0.05) is 17.1 Å². The summed E-state index contributed by atoms with van der Waals surface area (Å²) in [5.41, 5.74) is -2.67. The quantitative estimate of drug-likeness (QED) is 0.248. The minimum Gasteiger partial charge on any atom is -0.481 e. The molecule has 0 aromatic rings. The molecule has 2 heterocycles. The van der Waals surface area contributed by atoms with Gasteiger partial charge in [-0.25, -0.2) is 0 Å². The Morgan fingerprint density at radius 2 is 1.72 bits per heavy atom. The molecule has 10 nitrogen and oxygen atoms in total. The van der Waals surface area contributed by atoms with E-state index in [1.165, 1.54) is 13.0 Å². The van der Waals surface area contributed by atoms with Crippen molar-refractivity contribution in [1.82, 2.24) is 0 Å². The van der Waals surface area contributed by atoms with Crippen molar-refractivity contribution in [2.45, 2.75) is 130 Å². The fraction of sp³-hybridized carbons (Fsp3) is 0.722. The molecule has 3 fully saturated rings. The predicted octanol–water partition coefficient (Wildman–Crippen LogP) is 4.81. The van der Waals surface area contributed by atoms with Crippen LogP contribution in [0.2, 0.25) is 0 Å². The van der Waals surface area contributed by atoms with Crippen molar-refractivity contribution >= 4 is 23.5 Å². The first-order valence-corrected chi connectivity index (χ1v) is 16.5. The van der Waals surface area contributed by atoms with Crippen LogP contribution in [0, 0.1) is 34.0 Å². The van der Waals surface area contributed by atoms with E-state index in [9.17, 15) is 29.4 Å². The molecular weight excluding hydrogens is 592 g/mol. The summed E-state index contributed by atoms with van der Waals surface area (Å²) in [7, 11) is 0. The van der Waals surface area contributed by atoms with Gasteiger partial charge in [-0.2, -0.15) is 0 Å². The number of ether oxygens (including phenoxy) is 3. The number of aliphatic hydroxyl groups is 2. The van der Waals surface area contributed by atoms with Gasteiger partial charge in [0.05, 0.1) is 24.5 Å². The lowest BCUT2D eigenvalue weighted by atomic mass is 9.42. The van der Waals surface area contributed by atoms with Crippen molar-refractivity contribution in [2.75, 3.05) is 0 Å². The summed E-state index contributed by atoms with van der Waals surface area (Å²) in [5, 5.41) is 30.9. The predicted molar refractivity (Wildman–Crippen MR) is 167 cm³/mol. The third-order valence-corrected chi connectivity index (χ3v) is 12.1. The number of aliphatic carboxylic acids is 1. The zero-order valence-corrected chi connectivity index (χ0v) is 28.2. The van der Waals surface area contributed by atoms with E-state index in [4.69, 9.17) is 19.3 Å². The van der Waals surface area contributed by atoms with Gasteiger partial charge in [0.15, 0.2) is 23.8 Å². The van der Waals surface area contributed by atoms with Gasteiger partial charge in [0.25, 0.3) is 0 Å². The van der Waals surface area contributed by atoms with Crippen molar-refractivity contribution in [3.05, 3.63) is 35.6 Å². The maximum atomic E-state index is 13.8. The molecule has 2 aliphatic heterocycles. The van der Waals surface area contributed by atoms with E-state index >= 15 is 0 Å². The summed E-state index contributed by atoms with van der Waals surface area (Å²) in [4.78, 5) is 50.1. The van der Waals surface area contributed by atoms with Gasteiger partial charge in [-0.05, 0) is 93.5 Å². The van der Waals surface area contributed by atoms with Crippen LogP contribution < -0.4 is 0 Å². The number of Topliss-reactive ketones (excluding diaryl/α,β-unsaturated/α-hetero) is 1. The standard InChI is InChI=1S/C36H50O10/c1-19(23-15-27(37)33(4,5)46-23)22-11-9-20(31(42)45-22)21-10-12-26-35(21,7)14-13-25-32(2,3)30(41)24(16-36(25,26)8)44-29(40)18-34(6,43)17-28(38)39/h9,15,21-22,24-26,31,42-43H,1,10-14,16-18H2,2-8H3,(H,38,39)/t21-,22-,24+,25-,26-,31+,34?,35-,36-/m0/s1. The average Bonchev–Trinajstić information content (AvgIpc) is 3.41. The van der Waals surface area contributed by atoms with Crippen LogP contribution in [0.3, 0.4) is 0 Å². The molecule has 10 heteroatoms. The Morgan fingerprint density at radius 3 is 2.30 bits per heavy atom. The molecule has 0 saturated heterocycles. The monoisotopic (exact) mass is 642 g/mol. The Hall–Kier alpha value is -2.82. The van der Waals surface area contributed by atoms with Crippen LogP contribution in [0.15, 0.2) is 35.6 Å². The average molecular weight is 643 g/mol. The number of esters is 1. The molecule has 1 unspecified atom stereocenters. The summed E-state index contributed by atoms with van der Waals surface area (Å²) in [6, 6.07) is 0. The molecule has 3 N–H and O–H groups in total. The highest BCUT2D eigenvalue weighted by Gasteiger charge is 2.66. The maximum absolute atomic E-state index is 13.8. The molecule has 3 saturated carbocycles. The van der Waals surface area contributed by atoms with Crippen LogP contribution in [-0.2, 0) is 33.4 Å². The number of hydrogen-bond acceptors (Lipinski definition) is 9. The van der Waals surface area contributed by atoms with Gasteiger partial charge in [0.2, 0.25) is 5.78 Å². The van der Waals surface area contributed by atoms with Crippen LogP contribution >= 0.6 is 0 Å². The number of rotatable bonds is 8. The smallest absolute Gasteiger partial charge is 0.309 e. The highest BCUT2D eigenvalue weighted by molar-refractivity contribution is 5.99. The van der Waals surface area contributed by atoms with Gasteiger partial charge < -0.3 is 29.5 Å². The van der Waals surface area contributed by atoms with E-state index in [1.807, 2.05) is 13.8 Å². The summed E-state index contributed by atoms with van der Waals surface area (Å²) < 4.78 is 17.7. The molecule has 0 bridgehead atoms. The molecule has 0 aromatic carbocycles. The number of hydrogen-bond donors (Lipinski definition) is 3. The van der Waals surface area contributed by atoms with Crippen LogP contribution in [0.1, 0.15) is 99.8 Å². The lowest BCUT2D eigenvalue weighted by molar-refractivity contribution is -0.189. The molecule has 0 aromatic heterocycles. The first-order chi connectivity index (χ1) is 21.1. The number of carbonyl (C=O) groups is 4. The second-order valence-corrected chi connectivity index (χ2v) is 16.2. The van der Waals surface area contributed by atoms with Crippen molar-refractivity contribution in [3.63, 3.8) is 0 Å². The number of ketones is 2. The van der Waals surface area contributed by atoms with Gasteiger partial charge in [-0.3, -0.25) is 19.2 Å². The Labute approximate surface area is 271 Å². The number of aliphatic hydroxyl groups excluding tert-OH is 1. The number of carboxylic acids is 1. The van der Waals surface area contributed by atoms with E-state index in [1.54, 1.807) is 13.8 Å². The van der Waals surface area contributed by atoms with Crippen molar-refractivity contribution in [3.8, 4) is 0 Å². The van der Waals surface area contributed by atoms with Gasteiger partial charge in [0.1, 0.15) is 5.76 Å². The first-order valence-electron chi connectivity index (χ1n) is 16.5. The van der Waals surface area contributed by atoms with E-state index in [-0.39, 0.29) is 40.2 Å². The zero-order valence-electron chi connectivity index (χ0n) is 28.2. The number of carboxylic acid groups (broad SMARTS) is 1. The van der Waals surface area contributed by atoms with E-state index in [0.29, 0.717) is 24.2 Å². The minimum absolute atomic E-state index is 0.0507. The summed E-state index contributed by atoms with van der Waals surface area (Å²) in [6.45, 7) is 17.1. The lowest BCUT2D eigenvalue weighted by Gasteiger charge is -2.62. The van der Waals surface area contributed by atoms with E-state index in [2.05, 4.69) is 26.5 Å². The maximum Gasteiger partial charge on any atom is 0.309 e. The summed E-state index contributed by atoms with van der Waals surface area (Å²) in [5.74, 6) is -1.62. The Balaban J connectivity index is 1.34. The molecule has 9 atom stereocenters. The molecule has 0 radical (unpaired) electrons. The molecular formula is C36H50O10. The molecule has 5 rings (SSSR count). The topological polar surface area (TPSA) is 157 Å². The second kappa shape index (κ2) is 11.4. The molecule has 254 valence electrons. The highest BCUT2D eigenvalue weighted by atomic mass is 16.6. The van der Waals surface area contributed by atoms with Crippen LogP contribution in [0.4, 0.5) is 0 Å². The molecule has 3 aliphatic carbocycles. The SMILES string of the molecule is C=C(C1=CC(=O)C(C)(C)O1)[C@@H]1CC=C([C@@H]2CC[C@H]3[C@@]2(C)CC[C@H]2C(C)(C)C(=O)[C@H](OC(=O)CC(C)(O)CC(=O)O)C[C@]32C)[C@H](O)O1. The normalized spacial score (nSPS) is 39.2. The number of fused-ring (bicyclic) bond motifs is 3. The van der Waals surface area contributed by atoms with Crippen LogP contribution in [0.25, 0.3) is 0 Å². The lowest BCUT2D eigenvalue weighted by Crippen LogP contribution is -2.61. The van der Waals surface area contributed by atoms with Crippen LogP contribution in [-0.4, -0.2) is 68.5 Å². The fourth-order valence-electron chi connectivity index (χ4n) is 9.92. The Morgan fingerprint density at radius 1 is 1.04 bits per heavy atom. The minimum atomic E-state index is -1.79. The molecule has 5 aliphatic rings. The van der Waals surface area contributed by atoms with E-state index < -0.39 is 59.9 Å². The Bertz CT molecular complexity index is 1400. The van der Waals surface area contributed by atoms with E-state index in [0.717, 1.165) is 31.3 Å². The van der Waals surface area contributed by atoms with Gasteiger partial charge in [-0.15, -0.1) is 0 Å². The highest BCUT2D eigenvalue weighted by Crippen LogP contribution is 2.70. The Kier molecular flexibility index (Phi) is 8.56. The van der Waals surface area contributed by atoms with Gasteiger partial charge >= 0.3 is 11.9 Å².